The highest BCUT2D eigenvalue weighted by molar-refractivity contribution is 5.69. The number of carbonyl (C=O) groups excluding carboxylic acids is 1. The number of hydrogen-bond acceptors (Lipinski definition) is 3. The van der Waals surface area contributed by atoms with Gasteiger partial charge in [-0.15, -0.1) is 0 Å². The third-order valence-electron chi connectivity index (χ3n) is 18.4. The summed E-state index contributed by atoms with van der Waals surface area (Å²) in [5, 5.41) is 12.0. The van der Waals surface area contributed by atoms with Gasteiger partial charge in [-0.1, -0.05) is 170 Å². The number of aliphatic hydroxyl groups excluding tert-OH is 1. The van der Waals surface area contributed by atoms with Gasteiger partial charge in [0, 0.05) is 11.8 Å². The molecule has 0 bridgehead atoms. The van der Waals surface area contributed by atoms with Crippen molar-refractivity contribution in [2.45, 2.75) is 241 Å². The van der Waals surface area contributed by atoms with Crippen LogP contribution in [0, 0.1) is 56.7 Å². The Morgan fingerprint density at radius 3 is 1.79 bits per heavy atom. The molecule has 3 nitrogen and oxygen atoms in total. The van der Waals surface area contributed by atoms with Crippen molar-refractivity contribution >= 4 is 5.97 Å². The molecule has 1 N–H and O–H groups in total. The quantitative estimate of drug-likeness (QED) is 0.0816. The normalized spacial score (nSPS) is 40.5. The zero-order chi connectivity index (χ0) is 38.5. The largest absolute Gasteiger partial charge is 0.462 e. The van der Waals surface area contributed by atoms with Crippen LogP contribution >= 0.6 is 0 Å². The minimum atomic E-state index is -0.226. The number of aliphatic hydroxyl groups is 1. The van der Waals surface area contributed by atoms with Gasteiger partial charge in [0.2, 0.25) is 0 Å². The predicted octanol–water partition coefficient (Wildman–Crippen LogP) is 14.6. The van der Waals surface area contributed by atoms with Crippen molar-refractivity contribution in [1.29, 1.82) is 0 Å². The van der Waals surface area contributed by atoms with E-state index in [2.05, 4.69) is 62.0 Å². The summed E-state index contributed by atoms with van der Waals surface area (Å²) in [5.74, 6) is 2.94. The van der Waals surface area contributed by atoms with E-state index in [9.17, 15) is 9.90 Å². The fraction of sp³-hybridized carbons (Fsp3) is 0.940. The molecule has 5 fully saturated rings. The maximum absolute atomic E-state index is 13.2. The van der Waals surface area contributed by atoms with E-state index in [1.807, 2.05) is 0 Å². The zero-order valence-electron chi connectivity index (χ0n) is 36.6. The summed E-state index contributed by atoms with van der Waals surface area (Å²) in [7, 11) is 0. The Balaban J connectivity index is 1.04. The van der Waals surface area contributed by atoms with E-state index in [4.69, 9.17) is 4.74 Å². The lowest BCUT2D eigenvalue weighted by Crippen LogP contribution is -2.69. The summed E-state index contributed by atoms with van der Waals surface area (Å²) in [4.78, 5) is 13.2. The van der Waals surface area contributed by atoms with Crippen molar-refractivity contribution < 1.29 is 14.6 Å². The first-order chi connectivity index (χ1) is 25.2. The minimum absolute atomic E-state index is 0.0176. The van der Waals surface area contributed by atoms with Gasteiger partial charge in [-0.25, -0.2) is 0 Å². The first-order valence-corrected chi connectivity index (χ1v) is 23.7. The van der Waals surface area contributed by atoms with E-state index >= 15 is 0 Å². The molecule has 0 aliphatic heterocycles. The van der Waals surface area contributed by atoms with Crippen LogP contribution in [0.5, 0.6) is 0 Å². The molecule has 0 aromatic rings. The zero-order valence-corrected chi connectivity index (χ0v) is 36.6. The smallest absolute Gasteiger partial charge is 0.306 e. The molecular formula is C50H88O3. The Labute approximate surface area is 329 Å². The molecule has 53 heavy (non-hydrogen) atoms. The fourth-order valence-corrected chi connectivity index (χ4v) is 14.8. The van der Waals surface area contributed by atoms with Gasteiger partial charge in [0.05, 0.1) is 6.10 Å². The number of hydrogen-bond donors (Lipinski definition) is 1. The van der Waals surface area contributed by atoms with Crippen LogP contribution in [0.1, 0.15) is 229 Å². The lowest BCUT2D eigenvalue weighted by Gasteiger charge is -2.74. The molecule has 0 aromatic carbocycles. The molecule has 0 amide bonds. The number of ether oxygens (including phenoxy) is 1. The highest BCUT2D eigenvalue weighted by atomic mass is 16.5. The summed E-state index contributed by atoms with van der Waals surface area (Å²) in [6.45, 7) is 24.5. The molecule has 3 heteroatoms. The van der Waals surface area contributed by atoms with Crippen molar-refractivity contribution in [3.63, 3.8) is 0 Å². The highest BCUT2D eigenvalue weighted by Crippen LogP contribution is 2.77. The number of allylic oxidation sites excluding steroid dienone is 1. The third-order valence-corrected chi connectivity index (χ3v) is 18.4. The van der Waals surface area contributed by atoms with E-state index < -0.39 is 0 Å². The predicted molar refractivity (Wildman–Crippen MR) is 225 cm³/mol. The SMILES string of the molecule is C=C1CCC2(C)C(O)CC3(C)C(CCC4C5(C)CCC(OC(=O)CCCCCCCCCCCCCCCCCCC)C(C)(C)C5CCC43C)C2C1C. The molecule has 0 radical (unpaired) electrons. The summed E-state index contributed by atoms with van der Waals surface area (Å²) in [6, 6.07) is 0. The van der Waals surface area contributed by atoms with Crippen LogP contribution in [0.3, 0.4) is 0 Å². The number of esters is 1. The Hall–Kier alpha value is -0.830. The topological polar surface area (TPSA) is 46.5 Å². The average Bonchev–Trinajstić information content (AvgIpc) is 3.10. The van der Waals surface area contributed by atoms with Crippen molar-refractivity contribution in [3.05, 3.63) is 12.2 Å². The van der Waals surface area contributed by atoms with Crippen LogP contribution in [0.15, 0.2) is 12.2 Å². The summed E-state index contributed by atoms with van der Waals surface area (Å²) >= 11 is 0. The Bertz CT molecular complexity index is 1190. The molecule has 5 aliphatic carbocycles. The molecule has 306 valence electrons. The maximum atomic E-state index is 13.2. The Kier molecular flexibility index (Phi) is 14.9. The standard InChI is InChI=1S/C50H88O3/c1-10-11-12-13-14-15-16-17-18-19-20-21-22-23-24-25-26-27-44(52)53-43-32-34-47(6)40(46(43,4)5)31-35-49(8)41(47)29-28-39-45-38(3)37(2)30-33-48(45,7)42(51)36-50(39,49)9/h38-43,45,51H,2,10-36H2,1,3-9H3. The van der Waals surface area contributed by atoms with Crippen LogP contribution < -0.4 is 0 Å². The van der Waals surface area contributed by atoms with Gasteiger partial charge < -0.3 is 9.84 Å². The first-order valence-electron chi connectivity index (χ1n) is 23.7. The van der Waals surface area contributed by atoms with E-state index in [1.165, 1.54) is 128 Å². The van der Waals surface area contributed by atoms with Crippen molar-refractivity contribution in [3.8, 4) is 0 Å². The second-order valence-corrected chi connectivity index (χ2v) is 21.6. The van der Waals surface area contributed by atoms with E-state index in [1.54, 1.807) is 0 Å². The van der Waals surface area contributed by atoms with Crippen LogP contribution in [-0.4, -0.2) is 23.3 Å². The minimum Gasteiger partial charge on any atom is -0.462 e. The monoisotopic (exact) mass is 737 g/mol. The number of fused-ring (bicyclic) bond motifs is 7. The Morgan fingerprint density at radius 1 is 0.679 bits per heavy atom. The lowest BCUT2D eigenvalue weighted by atomic mass is 9.31. The van der Waals surface area contributed by atoms with Crippen LogP contribution in [-0.2, 0) is 9.53 Å². The van der Waals surface area contributed by atoms with Gasteiger partial charge in [0.1, 0.15) is 6.10 Å². The fourth-order valence-electron chi connectivity index (χ4n) is 14.8. The Morgan fingerprint density at radius 2 is 1.23 bits per heavy atom. The van der Waals surface area contributed by atoms with Crippen molar-refractivity contribution in [1.82, 2.24) is 0 Å². The van der Waals surface area contributed by atoms with Crippen molar-refractivity contribution in [2.75, 3.05) is 0 Å². The van der Waals surface area contributed by atoms with E-state index in [0.717, 1.165) is 44.9 Å². The molecule has 0 aromatic heterocycles. The van der Waals surface area contributed by atoms with Gasteiger partial charge in [0.25, 0.3) is 0 Å². The molecule has 5 saturated carbocycles. The summed E-state index contributed by atoms with van der Waals surface area (Å²) in [6.07, 6.45) is 33.8. The molecular weight excluding hydrogens is 649 g/mol. The first kappa shape index (κ1) is 43.3. The number of unbranched alkanes of at least 4 members (excludes halogenated alkanes) is 16. The second-order valence-electron chi connectivity index (χ2n) is 21.6. The maximum Gasteiger partial charge on any atom is 0.306 e. The summed E-state index contributed by atoms with van der Waals surface area (Å²) < 4.78 is 6.42. The number of carbonyl (C=O) groups is 1. The van der Waals surface area contributed by atoms with Crippen molar-refractivity contribution in [2.24, 2.45) is 56.7 Å². The second kappa shape index (κ2) is 18.2. The van der Waals surface area contributed by atoms with Gasteiger partial charge in [-0.2, -0.15) is 0 Å². The molecule has 0 saturated heterocycles. The number of rotatable bonds is 19. The highest BCUT2D eigenvalue weighted by Gasteiger charge is 2.71. The molecule has 5 rings (SSSR count). The molecule has 11 atom stereocenters. The van der Waals surface area contributed by atoms with Crippen LogP contribution in [0.2, 0.25) is 0 Å². The average molecular weight is 737 g/mol. The van der Waals surface area contributed by atoms with Crippen LogP contribution in [0.25, 0.3) is 0 Å². The third kappa shape index (κ3) is 8.71. The van der Waals surface area contributed by atoms with E-state index in [-0.39, 0.29) is 45.3 Å². The van der Waals surface area contributed by atoms with Gasteiger partial charge in [0.15, 0.2) is 0 Å². The lowest BCUT2D eigenvalue weighted by molar-refractivity contribution is -0.270. The van der Waals surface area contributed by atoms with E-state index in [0.29, 0.717) is 36.0 Å². The van der Waals surface area contributed by atoms with Gasteiger partial charge >= 0.3 is 5.97 Å². The molecule has 5 aliphatic rings. The molecule has 0 spiro atoms. The molecule has 11 unspecified atom stereocenters. The van der Waals surface area contributed by atoms with Crippen LogP contribution in [0.4, 0.5) is 0 Å². The summed E-state index contributed by atoms with van der Waals surface area (Å²) in [5.41, 5.74) is 2.02. The van der Waals surface area contributed by atoms with Gasteiger partial charge in [-0.05, 0) is 115 Å². The molecule has 0 heterocycles. The van der Waals surface area contributed by atoms with Gasteiger partial charge in [-0.3, -0.25) is 4.79 Å².